The van der Waals surface area contributed by atoms with E-state index in [0.717, 1.165) is 10.5 Å². The number of H-pyrrole nitrogens is 1. The summed E-state index contributed by atoms with van der Waals surface area (Å²) >= 11 is 6.01. The highest BCUT2D eigenvalue weighted by molar-refractivity contribution is 6.31. The lowest BCUT2D eigenvalue weighted by atomic mass is 9.87. The van der Waals surface area contributed by atoms with Gasteiger partial charge in [0.05, 0.1) is 0 Å². The number of halogens is 1. The van der Waals surface area contributed by atoms with Crippen molar-refractivity contribution in [3.05, 3.63) is 34.5 Å². The van der Waals surface area contributed by atoms with Gasteiger partial charge in [-0.15, -0.1) is 0 Å². The molecule has 0 aliphatic heterocycles. The predicted molar refractivity (Wildman–Crippen MR) is 74.7 cm³/mol. The fourth-order valence-corrected chi connectivity index (χ4v) is 2.70. The fourth-order valence-electron chi connectivity index (χ4n) is 2.53. The molecule has 1 atom stereocenters. The van der Waals surface area contributed by atoms with Crippen LogP contribution in [-0.4, -0.2) is 11.5 Å². The second-order valence-electron chi connectivity index (χ2n) is 4.94. The summed E-state index contributed by atoms with van der Waals surface area (Å²) in [4.78, 5) is 3.40. The van der Waals surface area contributed by atoms with Gasteiger partial charge in [-0.05, 0) is 37.1 Å². The van der Waals surface area contributed by atoms with Gasteiger partial charge in [-0.25, -0.2) is 0 Å². The van der Waals surface area contributed by atoms with Gasteiger partial charge in [0.25, 0.3) is 0 Å². The number of hydrogen-bond acceptors (Lipinski definition) is 1. The zero-order valence-corrected chi connectivity index (χ0v) is 11.3. The number of nitrogens with two attached hydrogens (primary N) is 1. The van der Waals surface area contributed by atoms with Crippen LogP contribution in [0, 0.1) is 12.8 Å². The van der Waals surface area contributed by atoms with Crippen molar-refractivity contribution in [2.24, 2.45) is 11.7 Å². The summed E-state index contributed by atoms with van der Waals surface area (Å²) in [6.07, 6.45) is 0. The van der Waals surface area contributed by atoms with E-state index in [1.807, 2.05) is 12.1 Å². The molecule has 0 aliphatic carbocycles. The van der Waals surface area contributed by atoms with Gasteiger partial charge in [0, 0.05) is 27.5 Å². The normalized spacial score (nSPS) is 13.5. The van der Waals surface area contributed by atoms with E-state index >= 15 is 0 Å². The Hall–Kier alpha value is -0.990. The number of aromatic nitrogens is 1. The van der Waals surface area contributed by atoms with E-state index in [1.165, 1.54) is 16.6 Å². The summed E-state index contributed by atoms with van der Waals surface area (Å²) < 4.78 is 0. The van der Waals surface area contributed by atoms with Crippen molar-refractivity contribution in [2.75, 3.05) is 6.54 Å². The van der Waals surface area contributed by atoms with E-state index in [2.05, 4.69) is 31.8 Å². The molecule has 0 aliphatic rings. The van der Waals surface area contributed by atoms with E-state index in [1.54, 1.807) is 0 Å². The molecule has 3 heteroatoms. The lowest BCUT2D eigenvalue weighted by Gasteiger charge is -2.19. The van der Waals surface area contributed by atoms with Crippen LogP contribution in [0.1, 0.15) is 31.0 Å². The van der Waals surface area contributed by atoms with Crippen molar-refractivity contribution in [1.29, 1.82) is 0 Å². The Bertz CT molecular complexity index is 528. The zero-order chi connectivity index (χ0) is 12.6. The SMILES string of the molecule is Cc1[nH]c2cc(Cl)ccc2c1C(CN)C(C)C. The maximum atomic E-state index is 6.01. The van der Waals surface area contributed by atoms with Crippen molar-refractivity contribution in [1.82, 2.24) is 4.98 Å². The lowest BCUT2D eigenvalue weighted by Crippen LogP contribution is -2.18. The van der Waals surface area contributed by atoms with Gasteiger partial charge in [-0.2, -0.15) is 0 Å². The number of fused-ring (bicyclic) bond motifs is 1. The second-order valence-corrected chi connectivity index (χ2v) is 5.38. The van der Waals surface area contributed by atoms with Crippen LogP contribution in [0.5, 0.6) is 0 Å². The minimum absolute atomic E-state index is 0.393. The monoisotopic (exact) mass is 250 g/mol. The Kier molecular flexibility index (Phi) is 3.45. The first kappa shape index (κ1) is 12.5. The van der Waals surface area contributed by atoms with Gasteiger partial charge in [0.2, 0.25) is 0 Å². The van der Waals surface area contributed by atoms with Gasteiger partial charge in [-0.3, -0.25) is 0 Å². The first-order chi connectivity index (χ1) is 8.04. The third-order valence-electron chi connectivity index (χ3n) is 3.43. The molecule has 0 bridgehead atoms. The molecule has 2 aromatic rings. The van der Waals surface area contributed by atoms with E-state index in [4.69, 9.17) is 17.3 Å². The topological polar surface area (TPSA) is 41.8 Å². The van der Waals surface area contributed by atoms with Crippen LogP contribution < -0.4 is 5.73 Å². The highest BCUT2D eigenvalue weighted by Crippen LogP contribution is 2.33. The molecule has 1 unspecified atom stereocenters. The standard InChI is InChI=1S/C14H19ClN2/c1-8(2)12(7-16)14-9(3)17-13-6-10(15)4-5-11(13)14/h4-6,8,12,17H,7,16H2,1-3H3. The van der Waals surface area contributed by atoms with Crippen LogP contribution in [0.4, 0.5) is 0 Å². The van der Waals surface area contributed by atoms with Gasteiger partial charge >= 0.3 is 0 Å². The van der Waals surface area contributed by atoms with Crippen molar-refractivity contribution >= 4 is 22.5 Å². The molecule has 0 saturated heterocycles. The maximum Gasteiger partial charge on any atom is 0.0473 e. The van der Waals surface area contributed by atoms with E-state index in [-0.39, 0.29) is 0 Å². The summed E-state index contributed by atoms with van der Waals surface area (Å²) in [5.41, 5.74) is 9.56. The van der Waals surface area contributed by atoms with Crippen LogP contribution in [0.2, 0.25) is 5.02 Å². The average Bonchev–Trinajstić information content (AvgIpc) is 2.55. The van der Waals surface area contributed by atoms with Crippen molar-refractivity contribution < 1.29 is 0 Å². The van der Waals surface area contributed by atoms with Crippen LogP contribution in [0.25, 0.3) is 10.9 Å². The molecule has 1 heterocycles. The van der Waals surface area contributed by atoms with Crippen LogP contribution in [0.15, 0.2) is 18.2 Å². The number of aryl methyl sites for hydroxylation is 1. The quantitative estimate of drug-likeness (QED) is 0.854. The van der Waals surface area contributed by atoms with Crippen molar-refractivity contribution in [2.45, 2.75) is 26.7 Å². The molecule has 3 N–H and O–H groups in total. The molecule has 2 rings (SSSR count). The number of benzene rings is 1. The Morgan fingerprint density at radius 1 is 1.35 bits per heavy atom. The Morgan fingerprint density at radius 3 is 2.65 bits per heavy atom. The zero-order valence-electron chi connectivity index (χ0n) is 10.5. The van der Waals surface area contributed by atoms with Crippen molar-refractivity contribution in [3.63, 3.8) is 0 Å². The summed E-state index contributed by atoms with van der Waals surface area (Å²) in [6, 6.07) is 6.00. The molecule has 2 nitrogen and oxygen atoms in total. The molecule has 0 saturated carbocycles. The minimum atomic E-state index is 0.393. The first-order valence-corrected chi connectivity index (χ1v) is 6.40. The van der Waals surface area contributed by atoms with Crippen LogP contribution in [-0.2, 0) is 0 Å². The first-order valence-electron chi connectivity index (χ1n) is 6.02. The van der Waals surface area contributed by atoms with E-state index in [9.17, 15) is 0 Å². The molecule has 0 amide bonds. The molecule has 0 fully saturated rings. The number of rotatable bonds is 3. The Balaban J connectivity index is 2.63. The Morgan fingerprint density at radius 2 is 2.06 bits per heavy atom. The van der Waals surface area contributed by atoms with Gasteiger partial charge in [0.1, 0.15) is 0 Å². The van der Waals surface area contributed by atoms with Crippen LogP contribution >= 0.6 is 11.6 Å². The summed E-state index contributed by atoms with van der Waals surface area (Å²) in [5.74, 6) is 0.929. The molecule has 1 aromatic heterocycles. The maximum absolute atomic E-state index is 6.01. The summed E-state index contributed by atoms with van der Waals surface area (Å²) in [6.45, 7) is 7.21. The van der Waals surface area contributed by atoms with E-state index < -0.39 is 0 Å². The van der Waals surface area contributed by atoms with Crippen molar-refractivity contribution in [3.8, 4) is 0 Å². The molecule has 1 aromatic carbocycles. The summed E-state index contributed by atoms with van der Waals surface area (Å²) in [5, 5.41) is 2.01. The number of hydrogen-bond donors (Lipinski definition) is 2. The molecule has 17 heavy (non-hydrogen) atoms. The number of nitrogens with one attached hydrogen (secondary N) is 1. The molecule has 0 radical (unpaired) electrons. The van der Waals surface area contributed by atoms with E-state index in [0.29, 0.717) is 18.4 Å². The predicted octanol–water partition coefficient (Wildman–Crippen LogP) is 3.83. The fraction of sp³-hybridized carbons (Fsp3) is 0.429. The largest absolute Gasteiger partial charge is 0.358 e. The highest BCUT2D eigenvalue weighted by atomic mass is 35.5. The van der Waals surface area contributed by atoms with Crippen LogP contribution in [0.3, 0.4) is 0 Å². The van der Waals surface area contributed by atoms with Gasteiger partial charge in [-0.1, -0.05) is 31.5 Å². The van der Waals surface area contributed by atoms with Gasteiger partial charge in [0.15, 0.2) is 0 Å². The highest BCUT2D eigenvalue weighted by Gasteiger charge is 2.20. The third-order valence-corrected chi connectivity index (χ3v) is 3.66. The molecular weight excluding hydrogens is 232 g/mol. The van der Waals surface area contributed by atoms with Gasteiger partial charge < -0.3 is 10.7 Å². The average molecular weight is 251 g/mol. The molecular formula is C14H19ClN2. The smallest absolute Gasteiger partial charge is 0.0473 e. The summed E-state index contributed by atoms with van der Waals surface area (Å²) in [7, 11) is 0. The molecule has 0 spiro atoms. The number of aromatic amines is 1. The molecule has 92 valence electrons. The second kappa shape index (κ2) is 4.71. The minimum Gasteiger partial charge on any atom is -0.358 e. The Labute approximate surface area is 107 Å². The third kappa shape index (κ3) is 2.20. The lowest BCUT2D eigenvalue weighted by molar-refractivity contribution is 0.507.